The summed E-state index contributed by atoms with van der Waals surface area (Å²) >= 11 is 0. The molecule has 1 unspecified atom stereocenters. The minimum atomic E-state index is -0.371. The number of carbonyl (C=O) groups is 2. The Bertz CT molecular complexity index is 796. The molecule has 7 nitrogen and oxygen atoms in total. The van der Waals surface area contributed by atoms with Crippen LogP contribution in [-0.2, 0) is 27.4 Å². The summed E-state index contributed by atoms with van der Waals surface area (Å²) in [5, 5.41) is 2.91. The Morgan fingerprint density at radius 3 is 2.93 bits per heavy atom. The summed E-state index contributed by atoms with van der Waals surface area (Å²) < 4.78 is 7.32. The van der Waals surface area contributed by atoms with Crippen molar-refractivity contribution in [1.29, 1.82) is 0 Å². The second-order valence-electron chi connectivity index (χ2n) is 6.99. The number of likely N-dealkylation sites (N-methyl/N-ethyl adjacent to an activating group) is 1. The van der Waals surface area contributed by atoms with Crippen LogP contribution in [0.15, 0.2) is 24.3 Å². The van der Waals surface area contributed by atoms with E-state index in [0.717, 1.165) is 43.3 Å². The van der Waals surface area contributed by atoms with Crippen LogP contribution >= 0.6 is 0 Å². The fourth-order valence-corrected chi connectivity index (χ4v) is 3.28. The predicted octanol–water partition coefficient (Wildman–Crippen LogP) is 2.09. The van der Waals surface area contributed by atoms with Crippen LogP contribution in [0.3, 0.4) is 0 Å². The van der Waals surface area contributed by atoms with Crippen molar-refractivity contribution in [3.8, 4) is 0 Å². The van der Waals surface area contributed by atoms with E-state index in [0.29, 0.717) is 12.4 Å². The van der Waals surface area contributed by atoms with Gasteiger partial charge in [0.05, 0.1) is 17.6 Å². The molecule has 0 bridgehead atoms. The monoisotopic (exact) mass is 372 g/mol. The Hall–Kier alpha value is -2.41. The van der Waals surface area contributed by atoms with E-state index in [9.17, 15) is 9.59 Å². The van der Waals surface area contributed by atoms with Crippen molar-refractivity contribution in [2.75, 3.05) is 20.2 Å². The first-order chi connectivity index (χ1) is 13.1. The van der Waals surface area contributed by atoms with Gasteiger partial charge in [-0.15, -0.1) is 0 Å². The number of aromatic nitrogens is 2. The summed E-state index contributed by atoms with van der Waals surface area (Å²) in [6.07, 6.45) is 3.33. The first-order valence-electron chi connectivity index (χ1n) is 9.67. The van der Waals surface area contributed by atoms with Crippen molar-refractivity contribution < 1.29 is 14.3 Å². The van der Waals surface area contributed by atoms with Gasteiger partial charge in [-0.05, 0) is 31.4 Å². The van der Waals surface area contributed by atoms with Crippen LogP contribution in [0.5, 0.6) is 0 Å². The van der Waals surface area contributed by atoms with E-state index in [1.807, 2.05) is 35.9 Å². The van der Waals surface area contributed by atoms with Crippen molar-refractivity contribution in [1.82, 2.24) is 19.8 Å². The predicted molar refractivity (Wildman–Crippen MR) is 103 cm³/mol. The molecule has 1 aliphatic rings. The molecule has 1 N–H and O–H groups in total. The fraction of sp³-hybridized carbons (Fsp3) is 0.550. The molecule has 0 spiro atoms. The maximum atomic E-state index is 12.6. The van der Waals surface area contributed by atoms with Crippen LogP contribution in [0, 0.1) is 0 Å². The fourth-order valence-electron chi connectivity index (χ4n) is 3.28. The average Bonchev–Trinajstić information content (AvgIpc) is 3.33. The van der Waals surface area contributed by atoms with Crippen molar-refractivity contribution in [3.05, 3.63) is 30.1 Å². The quantitative estimate of drug-likeness (QED) is 0.770. The molecule has 1 fully saturated rings. The zero-order valence-corrected chi connectivity index (χ0v) is 16.1. The van der Waals surface area contributed by atoms with Gasteiger partial charge >= 0.3 is 0 Å². The number of nitrogens with zero attached hydrogens (tertiary/aromatic N) is 3. The van der Waals surface area contributed by atoms with Crippen LogP contribution < -0.4 is 5.32 Å². The number of nitrogens with one attached hydrogen (secondary N) is 1. The Morgan fingerprint density at radius 1 is 1.37 bits per heavy atom. The summed E-state index contributed by atoms with van der Waals surface area (Å²) in [7, 11) is 1.83. The molecule has 2 amide bonds. The summed E-state index contributed by atoms with van der Waals surface area (Å²) in [5.41, 5.74) is 1.72. The zero-order valence-electron chi connectivity index (χ0n) is 16.1. The Labute approximate surface area is 159 Å². The van der Waals surface area contributed by atoms with Crippen LogP contribution in [-0.4, -0.2) is 52.6 Å². The summed E-state index contributed by atoms with van der Waals surface area (Å²) in [6, 6.07) is 7.72. The average molecular weight is 372 g/mol. The van der Waals surface area contributed by atoms with Gasteiger partial charge in [-0.2, -0.15) is 0 Å². The number of benzene rings is 1. The highest BCUT2D eigenvalue weighted by molar-refractivity contribution is 5.82. The molecule has 1 aromatic carbocycles. The van der Waals surface area contributed by atoms with Gasteiger partial charge in [-0.25, -0.2) is 4.98 Å². The molecule has 7 heteroatoms. The normalized spacial score (nSPS) is 16.6. The van der Waals surface area contributed by atoms with Gasteiger partial charge in [-0.1, -0.05) is 25.5 Å². The molecule has 2 heterocycles. The highest BCUT2D eigenvalue weighted by Crippen LogP contribution is 2.17. The summed E-state index contributed by atoms with van der Waals surface area (Å²) in [4.78, 5) is 31.3. The summed E-state index contributed by atoms with van der Waals surface area (Å²) in [6.45, 7) is 3.98. The van der Waals surface area contributed by atoms with Gasteiger partial charge in [0.25, 0.3) is 0 Å². The lowest BCUT2D eigenvalue weighted by Gasteiger charge is -2.18. The third-order valence-electron chi connectivity index (χ3n) is 4.94. The number of hydrogen-bond donors (Lipinski definition) is 1. The number of fused-ring (bicyclic) bond motifs is 1. The second kappa shape index (κ2) is 8.99. The molecule has 0 aliphatic carbocycles. The third-order valence-corrected chi connectivity index (χ3v) is 4.94. The number of rotatable bonds is 8. The van der Waals surface area contributed by atoms with Crippen LogP contribution in [0.25, 0.3) is 11.0 Å². The Balaban J connectivity index is 1.74. The van der Waals surface area contributed by atoms with E-state index >= 15 is 0 Å². The minimum absolute atomic E-state index is 0.0401. The van der Waals surface area contributed by atoms with Crippen LogP contribution in [0.2, 0.25) is 0 Å². The van der Waals surface area contributed by atoms with Gasteiger partial charge in [0, 0.05) is 20.2 Å². The largest absolute Gasteiger partial charge is 0.368 e. The van der Waals surface area contributed by atoms with Gasteiger partial charge < -0.3 is 19.5 Å². The molecule has 146 valence electrons. The van der Waals surface area contributed by atoms with Crippen LogP contribution in [0.4, 0.5) is 0 Å². The lowest BCUT2D eigenvalue weighted by molar-refractivity contribution is -0.130. The van der Waals surface area contributed by atoms with E-state index < -0.39 is 0 Å². The molecule has 1 aliphatic heterocycles. The number of hydrogen-bond acceptors (Lipinski definition) is 4. The zero-order chi connectivity index (χ0) is 19.2. The molecule has 3 rings (SSSR count). The third kappa shape index (κ3) is 4.66. The molecule has 0 radical (unpaired) electrons. The smallest absolute Gasteiger partial charge is 0.249 e. The molecular formula is C20H28N4O3. The van der Waals surface area contributed by atoms with Gasteiger partial charge in [0.15, 0.2) is 0 Å². The number of imidazole rings is 1. The molecule has 27 heavy (non-hydrogen) atoms. The van der Waals surface area contributed by atoms with Crippen molar-refractivity contribution in [2.24, 2.45) is 0 Å². The first kappa shape index (κ1) is 19.4. The van der Waals surface area contributed by atoms with E-state index in [4.69, 9.17) is 4.74 Å². The standard InChI is InChI=1S/C20H28N4O3/c1-3-4-11-23(2)19(25)14-24-16-9-6-5-8-15(16)22-18(24)13-21-20(26)17-10-7-12-27-17/h5-6,8-9,17H,3-4,7,10-14H2,1-2H3,(H,21,26). The molecule has 0 saturated carbocycles. The molecule has 1 saturated heterocycles. The lowest BCUT2D eigenvalue weighted by Crippen LogP contribution is -2.35. The number of para-hydroxylation sites is 2. The van der Waals surface area contributed by atoms with Crippen LogP contribution in [0.1, 0.15) is 38.4 Å². The first-order valence-corrected chi connectivity index (χ1v) is 9.67. The molecule has 1 aromatic heterocycles. The van der Waals surface area contributed by atoms with Crippen molar-refractivity contribution >= 4 is 22.8 Å². The van der Waals surface area contributed by atoms with E-state index in [1.165, 1.54) is 0 Å². The molecule has 2 aromatic rings. The van der Waals surface area contributed by atoms with Gasteiger partial charge in [-0.3, -0.25) is 9.59 Å². The number of ether oxygens (including phenoxy) is 1. The van der Waals surface area contributed by atoms with E-state index in [1.54, 1.807) is 4.90 Å². The lowest BCUT2D eigenvalue weighted by atomic mass is 10.2. The highest BCUT2D eigenvalue weighted by atomic mass is 16.5. The molecule has 1 atom stereocenters. The van der Waals surface area contributed by atoms with Gasteiger partial charge in [0.2, 0.25) is 11.8 Å². The highest BCUT2D eigenvalue weighted by Gasteiger charge is 2.24. The topological polar surface area (TPSA) is 76.5 Å². The Kier molecular flexibility index (Phi) is 6.45. The van der Waals surface area contributed by atoms with Crippen molar-refractivity contribution in [2.45, 2.75) is 51.8 Å². The number of unbranched alkanes of at least 4 members (excludes halogenated alkanes) is 1. The van der Waals surface area contributed by atoms with Crippen molar-refractivity contribution in [3.63, 3.8) is 0 Å². The SMILES string of the molecule is CCCCN(C)C(=O)Cn1c(CNC(=O)C2CCCO2)nc2ccccc21. The van der Waals surface area contributed by atoms with Gasteiger partial charge in [0.1, 0.15) is 18.5 Å². The maximum absolute atomic E-state index is 12.6. The Morgan fingerprint density at radius 2 is 2.19 bits per heavy atom. The number of amides is 2. The maximum Gasteiger partial charge on any atom is 0.249 e. The van der Waals surface area contributed by atoms with E-state index in [2.05, 4.69) is 17.2 Å². The minimum Gasteiger partial charge on any atom is -0.368 e. The van der Waals surface area contributed by atoms with E-state index in [-0.39, 0.29) is 31.0 Å². The second-order valence-corrected chi connectivity index (χ2v) is 6.99. The molecular weight excluding hydrogens is 344 g/mol. The summed E-state index contributed by atoms with van der Waals surface area (Å²) in [5.74, 6) is 0.607. The number of carbonyl (C=O) groups excluding carboxylic acids is 2.